The highest BCUT2D eigenvalue weighted by Crippen LogP contribution is 2.26. The Labute approximate surface area is 120 Å². The van der Waals surface area contributed by atoms with Crippen LogP contribution in [0.25, 0.3) is 10.2 Å². The SMILES string of the molecule is Nc1nc2ccc(NC(=O)Cc3ccccc3)cc2s1. The summed E-state index contributed by atoms with van der Waals surface area (Å²) in [6, 6.07) is 15.3. The van der Waals surface area contributed by atoms with E-state index >= 15 is 0 Å². The van der Waals surface area contributed by atoms with E-state index in [1.165, 1.54) is 11.3 Å². The van der Waals surface area contributed by atoms with Gasteiger partial charge in [-0.15, -0.1) is 0 Å². The molecule has 1 aromatic heterocycles. The molecule has 0 saturated heterocycles. The Morgan fingerprint density at radius 3 is 2.80 bits per heavy atom. The van der Waals surface area contributed by atoms with E-state index in [2.05, 4.69) is 10.3 Å². The first-order valence-electron chi connectivity index (χ1n) is 6.20. The number of aromatic nitrogens is 1. The van der Waals surface area contributed by atoms with Crippen molar-refractivity contribution in [2.75, 3.05) is 11.1 Å². The fourth-order valence-corrected chi connectivity index (χ4v) is 2.78. The molecule has 1 heterocycles. The molecule has 4 nitrogen and oxygen atoms in total. The molecule has 3 rings (SSSR count). The maximum Gasteiger partial charge on any atom is 0.228 e. The maximum absolute atomic E-state index is 12.0. The van der Waals surface area contributed by atoms with Gasteiger partial charge in [0.2, 0.25) is 5.91 Å². The van der Waals surface area contributed by atoms with E-state index in [1.54, 1.807) is 0 Å². The Bertz CT molecular complexity index is 752. The Hall–Kier alpha value is -2.40. The lowest BCUT2D eigenvalue weighted by molar-refractivity contribution is -0.115. The molecular formula is C15H13N3OS. The molecule has 0 unspecified atom stereocenters. The lowest BCUT2D eigenvalue weighted by atomic mass is 10.1. The van der Waals surface area contributed by atoms with Crippen LogP contribution in [0.3, 0.4) is 0 Å². The molecule has 1 amide bonds. The van der Waals surface area contributed by atoms with Crippen LogP contribution >= 0.6 is 11.3 Å². The number of amides is 1. The Balaban J connectivity index is 1.74. The van der Waals surface area contributed by atoms with E-state index in [0.717, 1.165) is 21.5 Å². The van der Waals surface area contributed by atoms with Crippen molar-refractivity contribution < 1.29 is 4.79 Å². The molecule has 0 fully saturated rings. The minimum absolute atomic E-state index is 0.0342. The number of anilines is 2. The fraction of sp³-hybridized carbons (Fsp3) is 0.0667. The topological polar surface area (TPSA) is 68.0 Å². The Kier molecular flexibility index (Phi) is 3.35. The molecule has 0 aliphatic heterocycles. The van der Waals surface area contributed by atoms with Gasteiger partial charge in [-0.2, -0.15) is 0 Å². The van der Waals surface area contributed by atoms with Crippen LogP contribution in [0.5, 0.6) is 0 Å². The molecule has 0 saturated carbocycles. The number of nitrogens with two attached hydrogens (primary N) is 1. The molecule has 0 radical (unpaired) electrons. The summed E-state index contributed by atoms with van der Waals surface area (Å²) in [5, 5.41) is 3.43. The van der Waals surface area contributed by atoms with Crippen LogP contribution in [-0.2, 0) is 11.2 Å². The summed E-state index contributed by atoms with van der Waals surface area (Å²) < 4.78 is 0.972. The summed E-state index contributed by atoms with van der Waals surface area (Å²) in [6.45, 7) is 0. The van der Waals surface area contributed by atoms with Crippen molar-refractivity contribution in [2.45, 2.75) is 6.42 Å². The summed E-state index contributed by atoms with van der Waals surface area (Å²) in [6.07, 6.45) is 0.365. The predicted octanol–water partition coefficient (Wildman–Crippen LogP) is 3.06. The first kappa shape index (κ1) is 12.6. The van der Waals surface area contributed by atoms with Gasteiger partial charge < -0.3 is 11.1 Å². The number of hydrogen-bond acceptors (Lipinski definition) is 4. The number of carbonyl (C=O) groups excluding carboxylic acids is 1. The van der Waals surface area contributed by atoms with Crippen LogP contribution in [0.15, 0.2) is 48.5 Å². The second-order valence-electron chi connectivity index (χ2n) is 4.45. The zero-order valence-electron chi connectivity index (χ0n) is 10.7. The van der Waals surface area contributed by atoms with Crippen molar-refractivity contribution in [3.8, 4) is 0 Å². The number of nitrogens with one attached hydrogen (secondary N) is 1. The third-order valence-corrected chi connectivity index (χ3v) is 3.74. The van der Waals surface area contributed by atoms with Crippen LogP contribution in [0.4, 0.5) is 10.8 Å². The Morgan fingerprint density at radius 2 is 2.00 bits per heavy atom. The first-order chi connectivity index (χ1) is 9.70. The Morgan fingerprint density at radius 1 is 1.20 bits per heavy atom. The van der Waals surface area contributed by atoms with Crippen LogP contribution in [-0.4, -0.2) is 10.9 Å². The highest BCUT2D eigenvalue weighted by atomic mass is 32.1. The van der Waals surface area contributed by atoms with Gasteiger partial charge in [0, 0.05) is 5.69 Å². The number of rotatable bonds is 3. The second-order valence-corrected chi connectivity index (χ2v) is 5.51. The number of benzene rings is 2. The summed E-state index contributed by atoms with van der Waals surface area (Å²) in [7, 11) is 0. The standard InChI is InChI=1S/C15H13N3OS/c16-15-18-12-7-6-11(9-13(12)20-15)17-14(19)8-10-4-2-1-3-5-10/h1-7,9H,8H2,(H2,16,18)(H,17,19). The van der Waals surface area contributed by atoms with E-state index in [4.69, 9.17) is 5.73 Å². The lowest BCUT2D eigenvalue weighted by Gasteiger charge is -2.05. The predicted molar refractivity (Wildman–Crippen MR) is 82.8 cm³/mol. The number of thiazole rings is 1. The lowest BCUT2D eigenvalue weighted by Crippen LogP contribution is -2.14. The first-order valence-corrected chi connectivity index (χ1v) is 7.02. The quantitative estimate of drug-likeness (QED) is 0.776. The molecule has 3 N–H and O–H groups in total. The molecule has 0 atom stereocenters. The number of fused-ring (bicyclic) bond motifs is 1. The maximum atomic E-state index is 12.0. The molecular weight excluding hydrogens is 270 g/mol. The van der Waals surface area contributed by atoms with Crippen LogP contribution in [0.2, 0.25) is 0 Å². The van der Waals surface area contributed by atoms with Gasteiger partial charge in [-0.05, 0) is 23.8 Å². The van der Waals surface area contributed by atoms with E-state index < -0.39 is 0 Å². The molecule has 5 heteroatoms. The van der Waals surface area contributed by atoms with Crippen LogP contribution < -0.4 is 11.1 Å². The van der Waals surface area contributed by atoms with Crippen molar-refractivity contribution in [3.05, 3.63) is 54.1 Å². The summed E-state index contributed by atoms with van der Waals surface area (Å²) in [5.41, 5.74) is 8.28. The second kappa shape index (κ2) is 5.30. The van der Waals surface area contributed by atoms with Crippen molar-refractivity contribution >= 4 is 38.3 Å². The van der Waals surface area contributed by atoms with Crippen LogP contribution in [0.1, 0.15) is 5.56 Å². The van der Waals surface area contributed by atoms with Gasteiger partial charge in [-0.25, -0.2) is 4.98 Å². The number of nitrogens with zero attached hydrogens (tertiary/aromatic N) is 1. The number of carbonyl (C=O) groups is 1. The minimum Gasteiger partial charge on any atom is -0.375 e. The molecule has 0 aliphatic rings. The van der Waals surface area contributed by atoms with E-state index in [0.29, 0.717) is 11.6 Å². The molecule has 2 aromatic carbocycles. The van der Waals surface area contributed by atoms with Crippen molar-refractivity contribution in [1.29, 1.82) is 0 Å². The van der Waals surface area contributed by atoms with Gasteiger partial charge in [-0.1, -0.05) is 41.7 Å². The van der Waals surface area contributed by atoms with E-state index in [9.17, 15) is 4.79 Å². The highest BCUT2D eigenvalue weighted by molar-refractivity contribution is 7.22. The average Bonchev–Trinajstić information content (AvgIpc) is 2.79. The largest absolute Gasteiger partial charge is 0.375 e. The summed E-state index contributed by atoms with van der Waals surface area (Å²) in [5.74, 6) is -0.0342. The van der Waals surface area contributed by atoms with Gasteiger partial charge in [0.15, 0.2) is 5.13 Å². The van der Waals surface area contributed by atoms with Gasteiger partial charge in [0.05, 0.1) is 16.6 Å². The zero-order valence-corrected chi connectivity index (χ0v) is 11.5. The summed E-state index contributed by atoms with van der Waals surface area (Å²) >= 11 is 1.41. The smallest absolute Gasteiger partial charge is 0.228 e. The minimum atomic E-state index is -0.0342. The van der Waals surface area contributed by atoms with Crippen molar-refractivity contribution in [1.82, 2.24) is 4.98 Å². The fourth-order valence-electron chi connectivity index (χ4n) is 2.01. The van der Waals surface area contributed by atoms with Gasteiger partial charge in [0.25, 0.3) is 0 Å². The highest BCUT2D eigenvalue weighted by Gasteiger charge is 2.06. The van der Waals surface area contributed by atoms with Crippen molar-refractivity contribution in [3.63, 3.8) is 0 Å². The van der Waals surface area contributed by atoms with Gasteiger partial charge in [-0.3, -0.25) is 4.79 Å². The molecule has 3 aromatic rings. The molecule has 0 aliphatic carbocycles. The molecule has 100 valence electrons. The van der Waals surface area contributed by atoms with E-state index in [-0.39, 0.29) is 5.91 Å². The zero-order chi connectivity index (χ0) is 13.9. The normalized spacial score (nSPS) is 10.6. The monoisotopic (exact) mass is 283 g/mol. The van der Waals surface area contributed by atoms with Crippen LogP contribution in [0, 0.1) is 0 Å². The number of nitrogen functional groups attached to an aromatic ring is 1. The van der Waals surface area contributed by atoms with Gasteiger partial charge >= 0.3 is 0 Å². The average molecular weight is 283 g/mol. The number of hydrogen-bond donors (Lipinski definition) is 2. The molecule has 0 spiro atoms. The van der Waals surface area contributed by atoms with Crippen molar-refractivity contribution in [2.24, 2.45) is 0 Å². The molecule has 0 bridgehead atoms. The van der Waals surface area contributed by atoms with E-state index in [1.807, 2.05) is 48.5 Å². The summed E-state index contributed by atoms with van der Waals surface area (Å²) in [4.78, 5) is 16.2. The molecule has 20 heavy (non-hydrogen) atoms. The third-order valence-electron chi connectivity index (χ3n) is 2.90. The third kappa shape index (κ3) is 2.78. The van der Waals surface area contributed by atoms with Gasteiger partial charge in [0.1, 0.15) is 0 Å².